The highest BCUT2D eigenvalue weighted by molar-refractivity contribution is 6.33. The standard InChI is InChI=1S/C26H25Cl2N3O3/c1-17(2)24(30-25(32)22-5-3-4-6-23(22)28)26(33)31-29-15-18-9-13-21(14-10-18)34-16-19-7-11-20(27)12-8-19/h3-15,17,24H,16H2,1-2H3,(H,30,32)(H,31,33)/b29-15-. The minimum absolute atomic E-state index is 0.154. The highest BCUT2D eigenvalue weighted by Crippen LogP contribution is 2.16. The molecule has 0 aromatic heterocycles. The second kappa shape index (κ2) is 12.2. The van der Waals surface area contributed by atoms with Gasteiger partial charge in [-0.15, -0.1) is 0 Å². The Kier molecular flexibility index (Phi) is 9.08. The molecule has 0 aliphatic heterocycles. The summed E-state index contributed by atoms with van der Waals surface area (Å²) in [6.45, 7) is 4.10. The monoisotopic (exact) mass is 497 g/mol. The third-order valence-electron chi connectivity index (χ3n) is 4.94. The first-order valence-corrected chi connectivity index (χ1v) is 11.4. The van der Waals surface area contributed by atoms with Gasteiger partial charge in [0.05, 0.1) is 16.8 Å². The lowest BCUT2D eigenvalue weighted by Crippen LogP contribution is -2.48. The van der Waals surface area contributed by atoms with E-state index < -0.39 is 17.9 Å². The first kappa shape index (κ1) is 25.3. The molecule has 0 bridgehead atoms. The summed E-state index contributed by atoms with van der Waals surface area (Å²) in [5.74, 6) is -0.288. The van der Waals surface area contributed by atoms with E-state index in [0.717, 1.165) is 11.1 Å². The summed E-state index contributed by atoms with van der Waals surface area (Å²) in [5, 5.41) is 7.75. The Hall–Kier alpha value is -3.35. The molecule has 2 amide bonds. The molecule has 0 heterocycles. The van der Waals surface area contributed by atoms with E-state index >= 15 is 0 Å². The second-order valence-electron chi connectivity index (χ2n) is 7.89. The van der Waals surface area contributed by atoms with Crippen LogP contribution in [-0.4, -0.2) is 24.1 Å². The predicted molar refractivity (Wildman–Crippen MR) is 136 cm³/mol. The number of rotatable bonds is 9. The van der Waals surface area contributed by atoms with E-state index in [2.05, 4.69) is 15.8 Å². The number of nitrogens with one attached hydrogen (secondary N) is 2. The molecule has 3 aromatic rings. The van der Waals surface area contributed by atoms with Gasteiger partial charge in [-0.3, -0.25) is 9.59 Å². The van der Waals surface area contributed by atoms with Gasteiger partial charge in [0.2, 0.25) is 0 Å². The molecular formula is C26H25Cl2N3O3. The summed E-state index contributed by atoms with van der Waals surface area (Å²) in [4.78, 5) is 25.2. The number of hydrazone groups is 1. The summed E-state index contributed by atoms with van der Waals surface area (Å²) < 4.78 is 5.76. The van der Waals surface area contributed by atoms with Gasteiger partial charge in [0, 0.05) is 5.02 Å². The summed E-state index contributed by atoms with van der Waals surface area (Å²) >= 11 is 12.0. The average molecular weight is 498 g/mol. The van der Waals surface area contributed by atoms with E-state index in [4.69, 9.17) is 27.9 Å². The Morgan fingerprint density at radius 3 is 2.29 bits per heavy atom. The van der Waals surface area contributed by atoms with Crippen LogP contribution in [-0.2, 0) is 11.4 Å². The van der Waals surface area contributed by atoms with Crippen molar-refractivity contribution >= 4 is 41.2 Å². The summed E-state index contributed by atoms with van der Waals surface area (Å²) in [6, 6.07) is 20.7. The van der Waals surface area contributed by atoms with E-state index in [9.17, 15) is 9.59 Å². The zero-order chi connectivity index (χ0) is 24.5. The molecule has 0 saturated carbocycles. The Balaban J connectivity index is 1.53. The quantitative estimate of drug-likeness (QED) is 0.303. The smallest absolute Gasteiger partial charge is 0.262 e. The highest BCUT2D eigenvalue weighted by Gasteiger charge is 2.25. The van der Waals surface area contributed by atoms with E-state index in [0.29, 0.717) is 28.0 Å². The summed E-state index contributed by atoms with van der Waals surface area (Å²) in [7, 11) is 0. The van der Waals surface area contributed by atoms with Crippen LogP contribution < -0.4 is 15.5 Å². The number of halogens is 2. The lowest BCUT2D eigenvalue weighted by atomic mass is 10.0. The van der Waals surface area contributed by atoms with E-state index in [1.54, 1.807) is 24.3 Å². The molecule has 0 aliphatic rings. The molecule has 3 aromatic carbocycles. The Bertz CT molecular complexity index is 1150. The van der Waals surface area contributed by atoms with Crippen molar-refractivity contribution < 1.29 is 14.3 Å². The van der Waals surface area contributed by atoms with Crippen LogP contribution in [0.2, 0.25) is 10.0 Å². The first-order valence-electron chi connectivity index (χ1n) is 10.7. The van der Waals surface area contributed by atoms with Gasteiger partial charge in [0.25, 0.3) is 11.8 Å². The summed E-state index contributed by atoms with van der Waals surface area (Å²) in [6.07, 6.45) is 1.52. The van der Waals surface area contributed by atoms with Crippen LogP contribution in [0.15, 0.2) is 77.9 Å². The Labute approximate surface area is 208 Å². The molecule has 8 heteroatoms. The third kappa shape index (κ3) is 7.33. The number of carbonyl (C=O) groups excluding carboxylic acids is 2. The van der Waals surface area contributed by atoms with Gasteiger partial charge in [-0.05, 0) is 65.6 Å². The third-order valence-corrected chi connectivity index (χ3v) is 5.52. The van der Waals surface area contributed by atoms with Gasteiger partial charge in [-0.1, -0.05) is 61.3 Å². The van der Waals surface area contributed by atoms with Crippen molar-refractivity contribution in [1.29, 1.82) is 0 Å². The molecule has 34 heavy (non-hydrogen) atoms. The van der Waals surface area contributed by atoms with Crippen molar-refractivity contribution in [2.75, 3.05) is 0 Å². The maximum Gasteiger partial charge on any atom is 0.262 e. The molecule has 0 radical (unpaired) electrons. The molecule has 1 atom stereocenters. The number of carbonyl (C=O) groups is 2. The van der Waals surface area contributed by atoms with Gasteiger partial charge in [0.1, 0.15) is 18.4 Å². The SMILES string of the molecule is CC(C)C(NC(=O)c1ccccc1Cl)C(=O)N/N=C\c1ccc(OCc2ccc(Cl)cc2)cc1. The van der Waals surface area contributed by atoms with Crippen molar-refractivity contribution in [3.63, 3.8) is 0 Å². The van der Waals surface area contributed by atoms with Crippen LogP contribution in [0.5, 0.6) is 5.75 Å². The van der Waals surface area contributed by atoms with Gasteiger partial charge < -0.3 is 10.1 Å². The largest absolute Gasteiger partial charge is 0.489 e. The second-order valence-corrected chi connectivity index (χ2v) is 8.74. The van der Waals surface area contributed by atoms with Crippen LogP contribution in [0.3, 0.4) is 0 Å². The number of benzene rings is 3. The maximum absolute atomic E-state index is 12.6. The molecule has 1 unspecified atom stereocenters. The average Bonchev–Trinajstić information content (AvgIpc) is 2.83. The van der Waals surface area contributed by atoms with Crippen molar-refractivity contribution in [1.82, 2.24) is 10.7 Å². The van der Waals surface area contributed by atoms with Gasteiger partial charge >= 0.3 is 0 Å². The minimum atomic E-state index is -0.774. The van der Waals surface area contributed by atoms with E-state index in [1.807, 2.05) is 62.4 Å². The van der Waals surface area contributed by atoms with Crippen LogP contribution >= 0.6 is 23.2 Å². The number of hydrogen-bond donors (Lipinski definition) is 2. The number of hydrogen-bond acceptors (Lipinski definition) is 4. The Morgan fingerprint density at radius 1 is 0.971 bits per heavy atom. The molecule has 0 saturated heterocycles. The molecule has 3 rings (SSSR count). The van der Waals surface area contributed by atoms with Gasteiger partial charge in [-0.25, -0.2) is 5.43 Å². The molecule has 0 aliphatic carbocycles. The van der Waals surface area contributed by atoms with Crippen LogP contribution in [0.1, 0.15) is 35.3 Å². The van der Waals surface area contributed by atoms with Gasteiger partial charge in [-0.2, -0.15) is 5.10 Å². The Morgan fingerprint density at radius 2 is 1.65 bits per heavy atom. The van der Waals surface area contributed by atoms with Crippen molar-refractivity contribution in [2.24, 2.45) is 11.0 Å². The molecule has 2 N–H and O–H groups in total. The topological polar surface area (TPSA) is 79.8 Å². The molecule has 176 valence electrons. The maximum atomic E-state index is 12.6. The fraction of sp³-hybridized carbons (Fsp3) is 0.192. The molecule has 6 nitrogen and oxygen atoms in total. The fourth-order valence-corrected chi connectivity index (χ4v) is 3.38. The fourth-order valence-electron chi connectivity index (χ4n) is 3.04. The van der Waals surface area contributed by atoms with Crippen LogP contribution in [0, 0.1) is 5.92 Å². The number of nitrogens with zero attached hydrogens (tertiary/aromatic N) is 1. The minimum Gasteiger partial charge on any atom is -0.489 e. The first-order chi connectivity index (χ1) is 16.3. The van der Waals surface area contributed by atoms with Crippen molar-refractivity contribution in [3.8, 4) is 5.75 Å². The van der Waals surface area contributed by atoms with Crippen LogP contribution in [0.4, 0.5) is 0 Å². The number of amides is 2. The van der Waals surface area contributed by atoms with Crippen molar-refractivity contribution in [2.45, 2.75) is 26.5 Å². The normalized spacial score (nSPS) is 11.9. The van der Waals surface area contributed by atoms with Crippen LogP contribution in [0.25, 0.3) is 0 Å². The highest BCUT2D eigenvalue weighted by atomic mass is 35.5. The number of ether oxygens (including phenoxy) is 1. The molecular weight excluding hydrogens is 473 g/mol. The van der Waals surface area contributed by atoms with Gasteiger partial charge in [0.15, 0.2) is 0 Å². The molecule has 0 fully saturated rings. The lowest BCUT2D eigenvalue weighted by Gasteiger charge is -2.20. The zero-order valence-corrected chi connectivity index (χ0v) is 20.3. The lowest BCUT2D eigenvalue weighted by molar-refractivity contribution is -0.123. The predicted octanol–water partition coefficient (Wildman–Crippen LogP) is 5.48. The van der Waals surface area contributed by atoms with E-state index in [1.165, 1.54) is 6.21 Å². The zero-order valence-electron chi connectivity index (χ0n) is 18.8. The van der Waals surface area contributed by atoms with Crippen molar-refractivity contribution in [3.05, 3.63) is 99.5 Å². The molecule has 0 spiro atoms. The van der Waals surface area contributed by atoms with E-state index in [-0.39, 0.29) is 5.92 Å². The summed E-state index contributed by atoms with van der Waals surface area (Å²) in [5.41, 5.74) is 4.59.